The van der Waals surface area contributed by atoms with Crippen LogP contribution in [0.2, 0.25) is 0 Å². The van der Waals surface area contributed by atoms with Gasteiger partial charge >= 0.3 is 0 Å². The standard InChI is InChI=1S/C16H20N2O/c17-12-16(14-6-8-15(19)9-7-14)18-11-10-13-4-2-1-3-5-13/h4,6-9,16,18-19H,1-3,5,10-11H2. The Morgan fingerprint density at radius 1 is 1.26 bits per heavy atom. The van der Waals surface area contributed by atoms with Crippen LogP contribution in [0.25, 0.3) is 0 Å². The van der Waals surface area contributed by atoms with Crippen LogP contribution < -0.4 is 5.32 Å². The molecule has 19 heavy (non-hydrogen) atoms. The van der Waals surface area contributed by atoms with E-state index in [9.17, 15) is 10.4 Å². The molecule has 0 aromatic heterocycles. The van der Waals surface area contributed by atoms with Gasteiger partial charge < -0.3 is 5.11 Å². The molecule has 1 aliphatic carbocycles. The number of nitriles is 1. The van der Waals surface area contributed by atoms with Gasteiger partial charge in [-0.15, -0.1) is 0 Å². The van der Waals surface area contributed by atoms with Gasteiger partial charge in [-0.1, -0.05) is 23.8 Å². The molecular weight excluding hydrogens is 236 g/mol. The van der Waals surface area contributed by atoms with E-state index in [-0.39, 0.29) is 11.8 Å². The maximum Gasteiger partial charge on any atom is 0.121 e. The van der Waals surface area contributed by atoms with Crippen molar-refractivity contribution in [3.8, 4) is 11.8 Å². The highest BCUT2D eigenvalue weighted by atomic mass is 16.3. The summed E-state index contributed by atoms with van der Waals surface area (Å²) in [5.74, 6) is 0.229. The fraction of sp³-hybridized carbons (Fsp3) is 0.438. The van der Waals surface area contributed by atoms with Crippen molar-refractivity contribution < 1.29 is 5.11 Å². The van der Waals surface area contributed by atoms with E-state index in [1.54, 1.807) is 24.3 Å². The Kier molecular flexibility index (Phi) is 5.00. The van der Waals surface area contributed by atoms with E-state index in [4.69, 9.17) is 0 Å². The van der Waals surface area contributed by atoms with Crippen molar-refractivity contribution in [3.63, 3.8) is 0 Å². The average molecular weight is 256 g/mol. The molecule has 0 aliphatic heterocycles. The summed E-state index contributed by atoms with van der Waals surface area (Å²) in [5.41, 5.74) is 2.42. The minimum absolute atomic E-state index is 0.229. The highest BCUT2D eigenvalue weighted by Crippen LogP contribution is 2.20. The molecule has 0 saturated carbocycles. The summed E-state index contributed by atoms with van der Waals surface area (Å²) in [4.78, 5) is 0. The third-order valence-electron chi connectivity index (χ3n) is 3.54. The second kappa shape index (κ2) is 6.96. The molecule has 2 rings (SSSR count). The molecule has 1 unspecified atom stereocenters. The number of nitrogens with zero attached hydrogens (tertiary/aromatic N) is 1. The van der Waals surface area contributed by atoms with Gasteiger partial charge in [-0.05, 0) is 49.8 Å². The lowest BCUT2D eigenvalue weighted by Crippen LogP contribution is -2.21. The number of hydrogen-bond acceptors (Lipinski definition) is 3. The molecule has 3 heteroatoms. The first kappa shape index (κ1) is 13.6. The SMILES string of the molecule is N#CC(NCCC1=CCCCC1)c1ccc(O)cc1. The lowest BCUT2D eigenvalue weighted by Gasteiger charge is -2.15. The minimum Gasteiger partial charge on any atom is -0.508 e. The van der Waals surface area contributed by atoms with Gasteiger partial charge in [-0.2, -0.15) is 5.26 Å². The third kappa shape index (κ3) is 4.11. The summed E-state index contributed by atoms with van der Waals surface area (Å²) in [6.07, 6.45) is 8.38. The van der Waals surface area contributed by atoms with Crippen molar-refractivity contribution in [1.82, 2.24) is 5.32 Å². The molecule has 0 amide bonds. The Hall–Kier alpha value is -1.79. The van der Waals surface area contributed by atoms with Crippen molar-refractivity contribution in [2.45, 2.75) is 38.1 Å². The van der Waals surface area contributed by atoms with Crippen LogP contribution in [-0.2, 0) is 0 Å². The fourth-order valence-corrected chi connectivity index (χ4v) is 2.41. The summed E-state index contributed by atoms with van der Waals surface area (Å²) in [6.45, 7) is 0.824. The largest absolute Gasteiger partial charge is 0.508 e. The number of hydrogen-bond donors (Lipinski definition) is 2. The van der Waals surface area contributed by atoms with Crippen molar-refractivity contribution in [3.05, 3.63) is 41.5 Å². The Morgan fingerprint density at radius 3 is 2.68 bits per heavy atom. The monoisotopic (exact) mass is 256 g/mol. The van der Waals surface area contributed by atoms with Crippen LogP contribution in [0.3, 0.4) is 0 Å². The van der Waals surface area contributed by atoms with Crippen LogP contribution in [-0.4, -0.2) is 11.7 Å². The van der Waals surface area contributed by atoms with Gasteiger partial charge in [-0.25, -0.2) is 0 Å². The predicted molar refractivity (Wildman–Crippen MR) is 75.6 cm³/mol. The first-order valence-corrected chi connectivity index (χ1v) is 6.89. The van der Waals surface area contributed by atoms with Gasteiger partial charge in [-0.3, -0.25) is 5.32 Å². The molecular formula is C16H20N2O. The molecule has 3 nitrogen and oxygen atoms in total. The molecule has 1 atom stereocenters. The molecule has 1 aromatic carbocycles. The van der Waals surface area contributed by atoms with Crippen LogP contribution in [0.15, 0.2) is 35.9 Å². The van der Waals surface area contributed by atoms with Crippen molar-refractivity contribution in [1.29, 1.82) is 5.26 Å². The van der Waals surface area contributed by atoms with Crippen LogP contribution in [0, 0.1) is 11.3 Å². The van der Waals surface area contributed by atoms with E-state index in [0.29, 0.717) is 0 Å². The van der Waals surface area contributed by atoms with Gasteiger partial charge in [0.1, 0.15) is 11.8 Å². The third-order valence-corrected chi connectivity index (χ3v) is 3.54. The molecule has 2 N–H and O–H groups in total. The molecule has 0 radical (unpaired) electrons. The number of rotatable bonds is 5. The molecule has 0 spiro atoms. The van der Waals surface area contributed by atoms with E-state index < -0.39 is 0 Å². The quantitative estimate of drug-likeness (QED) is 0.793. The van der Waals surface area contributed by atoms with Gasteiger partial charge in [0.25, 0.3) is 0 Å². The van der Waals surface area contributed by atoms with E-state index in [0.717, 1.165) is 18.5 Å². The summed E-state index contributed by atoms with van der Waals surface area (Å²) in [6, 6.07) is 8.77. The zero-order valence-electron chi connectivity index (χ0n) is 11.1. The molecule has 0 bridgehead atoms. The van der Waals surface area contributed by atoms with Crippen molar-refractivity contribution in [2.75, 3.05) is 6.54 Å². The average Bonchev–Trinajstić information content (AvgIpc) is 2.46. The number of benzene rings is 1. The summed E-state index contributed by atoms with van der Waals surface area (Å²) in [5, 5.41) is 21.7. The maximum absolute atomic E-state index is 9.25. The van der Waals surface area contributed by atoms with Gasteiger partial charge in [0.05, 0.1) is 6.07 Å². The predicted octanol–water partition coefficient (Wildman–Crippen LogP) is 3.44. The van der Waals surface area contributed by atoms with Crippen LogP contribution in [0.5, 0.6) is 5.75 Å². The first-order valence-electron chi connectivity index (χ1n) is 6.89. The smallest absolute Gasteiger partial charge is 0.121 e. The molecule has 0 fully saturated rings. The summed E-state index contributed by atoms with van der Waals surface area (Å²) in [7, 11) is 0. The lowest BCUT2D eigenvalue weighted by molar-refractivity contribution is 0.474. The molecule has 1 aromatic rings. The molecule has 1 aliphatic rings. The Balaban J connectivity index is 1.84. The molecule has 0 saturated heterocycles. The summed E-state index contributed by atoms with van der Waals surface area (Å²) >= 11 is 0. The first-order chi connectivity index (χ1) is 9.29. The highest BCUT2D eigenvalue weighted by molar-refractivity contribution is 5.30. The second-order valence-corrected chi connectivity index (χ2v) is 4.97. The van der Waals surface area contributed by atoms with Gasteiger partial charge in [0, 0.05) is 6.54 Å². The van der Waals surface area contributed by atoms with Crippen molar-refractivity contribution >= 4 is 0 Å². The number of phenolic OH excluding ortho intramolecular Hbond substituents is 1. The number of phenols is 1. The summed E-state index contributed by atoms with van der Waals surface area (Å²) < 4.78 is 0. The zero-order chi connectivity index (χ0) is 13.5. The maximum atomic E-state index is 9.25. The Morgan fingerprint density at radius 2 is 2.05 bits per heavy atom. The molecule has 0 heterocycles. The second-order valence-electron chi connectivity index (χ2n) is 4.97. The minimum atomic E-state index is -0.301. The van der Waals surface area contributed by atoms with Gasteiger partial charge in [0.15, 0.2) is 0 Å². The normalized spacial score (nSPS) is 16.5. The van der Waals surface area contributed by atoms with Crippen LogP contribution >= 0.6 is 0 Å². The highest BCUT2D eigenvalue weighted by Gasteiger charge is 2.10. The van der Waals surface area contributed by atoms with E-state index in [2.05, 4.69) is 17.5 Å². The molecule has 100 valence electrons. The number of nitrogens with one attached hydrogen (secondary N) is 1. The van der Waals surface area contributed by atoms with Gasteiger partial charge in [0.2, 0.25) is 0 Å². The number of allylic oxidation sites excluding steroid dienone is 1. The topological polar surface area (TPSA) is 56.0 Å². The van der Waals surface area contributed by atoms with E-state index in [1.807, 2.05) is 0 Å². The fourth-order valence-electron chi connectivity index (χ4n) is 2.41. The lowest BCUT2D eigenvalue weighted by atomic mass is 9.97. The Bertz CT molecular complexity index is 471. The van der Waals surface area contributed by atoms with E-state index >= 15 is 0 Å². The zero-order valence-corrected chi connectivity index (χ0v) is 11.1. The Labute approximate surface area is 114 Å². The van der Waals surface area contributed by atoms with Crippen LogP contribution in [0.4, 0.5) is 0 Å². The van der Waals surface area contributed by atoms with Crippen molar-refractivity contribution in [2.24, 2.45) is 0 Å². The van der Waals surface area contributed by atoms with Crippen LogP contribution in [0.1, 0.15) is 43.7 Å². The number of aromatic hydroxyl groups is 1. The van der Waals surface area contributed by atoms with E-state index in [1.165, 1.54) is 31.3 Å².